The summed E-state index contributed by atoms with van der Waals surface area (Å²) in [6.07, 6.45) is 1.37. The van der Waals surface area contributed by atoms with E-state index in [9.17, 15) is 27.9 Å². The molecule has 2 aromatic rings. The molecule has 4 N–H and O–H groups in total. The van der Waals surface area contributed by atoms with Crippen LogP contribution in [0.25, 0.3) is 6.08 Å². The quantitative estimate of drug-likeness (QED) is 0.522. The Kier molecular flexibility index (Phi) is 6.31. The van der Waals surface area contributed by atoms with E-state index in [0.29, 0.717) is 21.8 Å². The molecule has 0 aliphatic carbocycles. The van der Waals surface area contributed by atoms with Crippen LogP contribution in [-0.4, -0.2) is 42.0 Å². The zero-order valence-electron chi connectivity index (χ0n) is 15.0. The van der Waals surface area contributed by atoms with Gasteiger partial charge in [-0.2, -0.15) is 0 Å². The molecule has 1 aliphatic heterocycles. The number of halogens is 1. The third kappa shape index (κ3) is 5.08. The molecule has 0 spiro atoms. The highest BCUT2D eigenvalue weighted by Crippen LogP contribution is 2.34. The lowest BCUT2D eigenvalue weighted by molar-refractivity contribution is -0.127. The molecule has 2 aromatic carbocycles. The molecule has 0 atom stereocenters. The highest BCUT2D eigenvalue weighted by molar-refractivity contribution is 9.10. The Labute approximate surface area is 184 Å². The Hall–Kier alpha value is -2.67. The third-order valence-corrected chi connectivity index (χ3v) is 6.25. The number of imide groups is 1. The lowest BCUT2D eigenvalue weighted by Crippen LogP contribution is -2.36. The van der Waals surface area contributed by atoms with E-state index in [-0.39, 0.29) is 21.2 Å². The van der Waals surface area contributed by atoms with Crippen LogP contribution < -0.4 is 10.5 Å². The normalized spacial score (nSPS) is 15.7. The van der Waals surface area contributed by atoms with Gasteiger partial charge in [0.15, 0.2) is 0 Å². The van der Waals surface area contributed by atoms with Crippen LogP contribution >= 0.6 is 27.7 Å². The minimum absolute atomic E-state index is 0.0642. The van der Waals surface area contributed by atoms with Crippen molar-refractivity contribution in [2.45, 2.75) is 4.90 Å². The highest BCUT2D eigenvalue weighted by atomic mass is 79.9. The van der Waals surface area contributed by atoms with Crippen molar-refractivity contribution in [1.82, 2.24) is 4.90 Å². The molecule has 0 unspecified atom stereocenters. The summed E-state index contributed by atoms with van der Waals surface area (Å²) >= 11 is 3.92. The topological polar surface area (TPSA) is 147 Å². The van der Waals surface area contributed by atoms with Gasteiger partial charge in [0.05, 0.1) is 9.80 Å². The van der Waals surface area contributed by atoms with Crippen molar-refractivity contribution in [3.05, 3.63) is 57.4 Å². The minimum Gasteiger partial charge on any atom is -0.507 e. The van der Waals surface area contributed by atoms with Crippen LogP contribution in [0, 0.1) is 0 Å². The number of rotatable bonds is 5. The summed E-state index contributed by atoms with van der Waals surface area (Å²) < 4.78 is 23.2. The average molecular weight is 512 g/mol. The Morgan fingerprint density at radius 2 is 1.87 bits per heavy atom. The maximum atomic E-state index is 12.5. The second-order valence-electron chi connectivity index (χ2n) is 6.09. The number of sulfonamides is 1. The van der Waals surface area contributed by atoms with Gasteiger partial charge in [0.25, 0.3) is 11.1 Å². The molecule has 0 radical (unpaired) electrons. The minimum atomic E-state index is -3.86. The van der Waals surface area contributed by atoms with E-state index in [0.717, 1.165) is 4.90 Å². The number of aromatic hydroxyl groups is 1. The second-order valence-corrected chi connectivity index (χ2v) is 9.56. The molecule has 3 rings (SSSR count). The molecule has 0 saturated carbocycles. The predicted octanol–water partition coefficient (Wildman–Crippen LogP) is 2.48. The van der Waals surface area contributed by atoms with Crippen LogP contribution in [0.1, 0.15) is 5.56 Å². The van der Waals surface area contributed by atoms with Crippen molar-refractivity contribution in [3.8, 4) is 5.75 Å². The first-order valence-corrected chi connectivity index (χ1v) is 11.4. The van der Waals surface area contributed by atoms with E-state index in [1.165, 1.54) is 36.4 Å². The maximum absolute atomic E-state index is 12.5. The number of anilines is 1. The molecule has 156 valence electrons. The second kappa shape index (κ2) is 8.60. The van der Waals surface area contributed by atoms with Crippen molar-refractivity contribution in [2.75, 3.05) is 11.9 Å². The van der Waals surface area contributed by atoms with E-state index in [1.54, 1.807) is 12.1 Å². The summed E-state index contributed by atoms with van der Waals surface area (Å²) in [6.45, 7) is -0.524. The number of phenolic OH excluding ortho intramolecular Hbond substituents is 1. The van der Waals surface area contributed by atoms with Gasteiger partial charge in [-0.3, -0.25) is 19.3 Å². The first kappa shape index (κ1) is 22.0. The first-order valence-electron chi connectivity index (χ1n) is 8.21. The zero-order valence-corrected chi connectivity index (χ0v) is 18.3. The summed E-state index contributed by atoms with van der Waals surface area (Å²) in [5, 5.41) is 16.8. The molecular formula is C18H14BrN3O6S2. The highest BCUT2D eigenvalue weighted by Gasteiger charge is 2.36. The number of nitrogens with one attached hydrogen (secondary N) is 1. The Balaban J connectivity index is 1.70. The maximum Gasteiger partial charge on any atom is 0.294 e. The Morgan fingerprint density at radius 1 is 1.20 bits per heavy atom. The van der Waals surface area contributed by atoms with Gasteiger partial charge in [0.1, 0.15) is 12.3 Å². The van der Waals surface area contributed by atoms with Gasteiger partial charge in [0.2, 0.25) is 15.9 Å². The van der Waals surface area contributed by atoms with Gasteiger partial charge < -0.3 is 10.4 Å². The van der Waals surface area contributed by atoms with Crippen molar-refractivity contribution < 1.29 is 27.9 Å². The van der Waals surface area contributed by atoms with E-state index in [1.807, 2.05) is 0 Å². The standard InChI is InChI=1S/C18H14BrN3O6S2/c19-11-1-6-14(23)10(7-11)8-15-17(25)22(18(26)29-15)9-16(24)21-12-2-4-13(5-3-12)30(20,27)28/h1-8,23H,9H2,(H,21,24)(H2,20,27,28)/b15-8-. The van der Waals surface area contributed by atoms with Gasteiger partial charge in [-0.15, -0.1) is 0 Å². The summed E-state index contributed by atoms with van der Waals surface area (Å²) in [7, 11) is -3.86. The van der Waals surface area contributed by atoms with Crippen LogP contribution in [0.2, 0.25) is 0 Å². The first-order chi connectivity index (χ1) is 14.0. The monoisotopic (exact) mass is 511 g/mol. The van der Waals surface area contributed by atoms with Gasteiger partial charge >= 0.3 is 0 Å². The molecule has 30 heavy (non-hydrogen) atoms. The SMILES string of the molecule is NS(=O)(=O)c1ccc(NC(=O)CN2C(=O)S/C(=C\c3cc(Br)ccc3O)C2=O)cc1. The molecule has 1 fully saturated rings. The number of phenols is 1. The zero-order chi connectivity index (χ0) is 22.1. The molecule has 0 bridgehead atoms. The number of benzene rings is 2. The fourth-order valence-electron chi connectivity index (χ4n) is 2.49. The number of amides is 3. The molecule has 0 aromatic heterocycles. The number of thioether (sulfide) groups is 1. The van der Waals surface area contributed by atoms with E-state index in [2.05, 4.69) is 21.2 Å². The number of primary sulfonamides is 1. The van der Waals surface area contributed by atoms with Crippen LogP contribution in [-0.2, 0) is 19.6 Å². The lowest BCUT2D eigenvalue weighted by Gasteiger charge is -2.12. The van der Waals surface area contributed by atoms with Crippen LogP contribution in [0.15, 0.2) is 56.7 Å². The van der Waals surface area contributed by atoms with Crippen molar-refractivity contribution in [1.29, 1.82) is 0 Å². The Bertz CT molecular complexity index is 1180. The van der Waals surface area contributed by atoms with Gasteiger partial charge in [-0.1, -0.05) is 15.9 Å². The van der Waals surface area contributed by atoms with Crippen LogP contribution in [0.5, 0.6) is 5.75 Å². The number of hydrogen-bond acceptors (Lipinski definition) is 7. The fourth-order valence-corrected chi connectivity index (χ4v) is 4.21. The average Bonchev–Trinajstić information content (AvgIpc) is 2.92. The largest absolute Gasteiger partial charge is 0.507 e. The molecule has 3 amide bonds. The lowest BCUT2D eigenvalue weighted by atomic mass is 10.2. The molecule has 9 nitrogen and oxygen atoms in total. The smallest absolute Gasteiger partial charge is 0.294 e. The van der Waals surface area contributed by atoms with Crippen LogP contribution in [0.3, 0.4) is 0 Å². The van der Waals surface area contributed by atoms with Crippen molar-refractivity contribution >= 4 is 66.5 Å². The molecular weight excluding hydrogens is 498 g/mol. The number of nitrogens with zero attached hydrogens (tertiary/aromatic N) is 1. The number of carbonyl (C=O) groups is 3. The van der Waals surface area contributed by atoms with Gasteiger partial charge in [0, 0.05) is 15.7 Å². The van der Waals surface area contributed by atoms with E-state index >= 15 is 0 Å². The molecule has 1 heterocycles. The van der Waals surface area contributed by atoms with Crippen molar-refractivity contribution in [2.24, 2.45) is 5.14 Å². The molecule has 12 heteroatoms. The van der Waals surface area contributed by atoms with Crippen molar-refractivity contribution in [3.63, 3.8) is 0 Å². The van der Waals surface area contributed by atoms with E-state index in [4.69, 9.17) is 5.14 Å². The number of carbonyl (C=O) groups excluding carboxylic acids is 3. The molecule has 1 saturated heterocycles. The van der Waals surface area contributed by atoms with Crippen LogP contribution in [0.4, 0.5) is 10.5 Å². The summed E-state index contributed by atoms with van der Waals surface area (Å²) in [4.78, 5) is 37.7. The Morgan fingerprint density at radius 3 is 2.50 bits per heavy atom. The van der Waals surface area contributed by atoms with Gasteiger partial charge in [-0.05, 0) is 60.3 Å². The molecule has 1 aliphatic rings. The predicted molar refractivity (Wildman–Crippen MR) is 115 cm³/mol. The number of nitrogens with two attached hydrogens (primary N) is 1. The summed E-state index contributed by atoms with van der Waals surface area (Å²) in [5.41, 5.74) is 0.614. The van der Waals surface area contributed by atoms with Gasteiger partial charge in [-0.25, -0.2) is 13.6 Å². The summed E-state index contributed by atoms with van der Waals surface area (Å²) in [5.74, 6) is -1.37. The fraction of sp³-hybridized carbons (Fsp3) is 0.0556. The third-order valence-electron chi connectivity index (χ3n) is 3.92. The van der Waals surface area contributed by atoms with E-state index < -0.39 is 33.6 Å². The number of hydrogen-bond donors (Lipinski definition) is 3. The summed E-state index contributed by atoms with van der Waals surface area (Å²) in [6, 6.07) is 9.76.